The Morgan fingerprint density at radius 3 is 2.96 bits per heavy atom. The van der Waals surface area contributed by atoms with Crippen LogP contribution in [0.4, 0.5) is 0 Å². The van der Waals surface area contributed by atoms with E-state index in [0.717, 1.165) is 40.0 Å². The number of rotatable bonds is 9. The van der Waals surface area contributed by atoms with Gasteiger partial charge < -0.3 is 10.1 Å². The van der Waals surface area contributed by atoms with Gasteiger partial charge >= 0.3 is 0 Å². The summed E-state index contributed by atoms with van der Waals surface area (Å²) in [6.45, 7) is 2.94. The lowest BCUT2D eigenvalue weighted by Crippen LogP contribution is -2.29. The molecule has 4 rings (SSSR count). The molecule has 8 heteroatoms. The molecule has 2 heterocycles. The van der Waals surface area contributed by atoms with E-state index in [1.54, 1.807) is 11.3 Å². The third kappa shape index (κ3) is 4.74. The zero-order valence-corrected chi connectivity index (χ0v) is 17.3. The molecule has 1 amide bonds. The van der Waals surface area contributed by atoms with Crippen molar-refractivity contribution in [2.75, 3.05) is 18.9 Å². The lowest BCUT2D eigenvalue weighted by molar-refractivity contribution is -0.118. The first kappa shape index (κ1) is 19.0. The van der Waals surface area contributed by atoms with Crippen molar-refractivity contribution in [2.45, 2.75) is 31.0 Å². The van der Waals surface area contributed by atoms with Crippen LogP contribution in [0.5, 0.6) is 5.75 Å². The van der Waals surface area contributed by atoms with Gasteiger partial charge in [0.2, 0.25) is 5.91 Å². The fourth-order valence-electron chi connectivity index (χ4n) is 2.86. The van der Waals surface area contributed by atoms with E-state index >= 15 is 0 Å². The van der Waals surface area contributed by atoms with Crippen LogP contribution in [0.2, 0.25) is 0 Å². The summed E-state index contributed by atoms with van der Waals surface area (Å²) in [7, 11) is 0. The Balaban J connectivity index is 1.26. The van der Waals surface area contributed by atoms with Crippen LogP contribution in [0.25, 0.3) is 10.7 Å². The SMILES string of the molecule is Cc1cccc(OCCNC(=O)CSc2nnc(-c3cccs3)n2C2CC2)c1. The van der Waals surface area contributed by atoms with Gasteiger partial charge in [0.1, 0.15) is 12.4 Å². The maximum Gasteiger partial charge on any atom is 0.230 e. The van der Waals surface area contributed by atoms with Crippen LogP contribution in [0.3, 0.4) is 0 Å². The number of hydrogen-bond donors (Lipinski definition) is 1. The monoisotopic (exact) mass is 414 g/mol. The first-order chi connectivity index (χ1) is 13.7. The summed E-state index contributed by atoms with van der Waals surface area (Å²) in [5, 5.41) is 14.4. The summed E-state index contributed by atoms with van der Waals surface area (Å²) in [6.07, 6.45) is 2.29. The molecule has 1 aliphatic rings. The van der Waals surface area contributed by atoms with Crippen LogP contribution < -0.4 is 10.1 Å². The van der Waals surface area contributed by atoms with E-state index in [-0.39, 0.29) is 5.91 Å². The highest BCUT2D eigenvalue weighted by atomic mass is 32.2. The number of benzene rings is 1. The smallest absolute Gasteiger partial charge is 0.230 e. The van der Waals surface area contributed by atoms with Crippen molar-refractivity contribution in [1.82, 2.24) is 20.1 Å². The largest absolute Gasteiger partial charge is 0.492 e. The minimum atomic E-state index is -0.0270. The molecule has 1 fully saturated rings. The summed E-state index contributed by atoms with van der Waals surface area (Å²) in [6, 6.07) is 12.4. The van der Waals surface area contributed by atoms with Crippen molar-refractivity contribution in [1.29, 1.82) is 0 Å². The third-order valence-corrected chi connectivity index (χ3v) is 6.14. The summed E-state index contributed by atoms with van der Waals surface area (Å²) in [5.41, 5.74) is 1.15. The molecule has 28 heavy (non-hydrogen) atoms. The zero-order valence-electron chi connectivity index (χ0n) is 15.6. The van der Waals surface area contributed by atoms with Crippen molar-refractivity contribution >= 4 is 29.0 Å². The van der Waals surface area contributed by atoms with Gasteiger partial charge in [-0.2, -0.15) is 0 Å². The van der Waals surface area contributed by atoms with Crippen LogP contribution in [0, 0.1) is 6.92 Å². The maximum absolute atomic E-state index is 12.2. The Labute approximate surface area is 172 Å². The molecule has 0 unspecified atom stereocenters. The predicted molar refractivity (Wildman–Crippen MR) is 112 cm³/mol. The van der Waals surface area contributed by atoms with Crippen LogP contribution in [-0.2, 0) is 4.79 Å². The highest BCUT2D eigenvalue weighted by molar-refractivity contribution is 7.99. The number of ether oxygens (including phenoxy) is 1. The number of nitrogens with one attached hydrogen (secondary N) is 1. The quantitative estimate of drug-likeness (QED) is 0.424. The Hall–Kier alpha value is -2.32. The minimum absolute atomic E-state index is 0.0270. The van der Waals surface area contributed by atoms with Crippen molar-refractivity contribution in [3.05, 3.63) is 47.3 Å². The first-order valence-corrected chi connectivity index (χ1v) is 11.1. The molecule has 1 aliphatic carbocycles. The molecule has 0 saturated heterocycles. The Morgan fingerprint density at radius 1 is 1.32 bits per heavy atom. The number of thioether (sulfide) groups is 1. The number of thiophene rings is 1. The average Bonchev–Trinajstić information content (AvgIpc) is 3.21. The van der Waals surface area contributed by atoms with Gasteiger partial charge in [-0.3, -0.25) is 9.36 Å². The third-order valence-electron chi connectivity index (χ3n) is 4.33. The molecule has 0 bridgehead atoms. The van der Waals surface area contributed by atoms with E-state index in [4.69, 9.17) is 4.74 Å². The maximum atomic E-state index is 12.2. The van der Waals surface area contributed by atoms with E-state index in [1.807, 2.05) is 42.6 Å². The van der Waals surface area contributed by atoms with E-state index in [1.165, 1.54) is 11.8 Å². The van der Waals surface area contributed by atoms with Crippen LogP contribution in [0.15, 0.2) is 46.9 Å². The van der Waals surface area contributed by atoms with Crippen molar-refractivity contribution in [2.24, 2.45) is 0 Å². The van der Waals surface area contributed by atoms with Crippen LogP contribution in [0.1, 0.15) is 24.4 Å². The van der Waals surface area contributed by atoms with E-state index < -0.39 is 0 Å². The summed E-state index contributed by atoms with van der Waals surface area (Å²) < 4.78 is 7.84. The highest BCUT2D eigenvalue weighted by Crippen LogP contribution is 2.41. The summed E-state index contributed by atoms with van der Waals surface area (Å²) in [5.74, 6) is 2.02. The number of carbonyl (C=O) groups is 1. The van der Waals surface area contributed by atoms with Gasteiger partial charge in [0.25, 0.3) is 0 Å². The summed E-state index contributed by atoms with van der Waals surface area (Å²) >= 11 is 3.10. The minimum Gasteiger partial charge on any atom is -0.492 e. The highest BCUT2D eigenvalue weighted by Gasteiger charge is 2.30. The lowest BCUT2D eigenvalue weighted by atomic mass is 10.2. The second kappa shape index (κ2) is 8.79. The average molecular weight is 415 g/mol. The molecule has 3 aromatic rings. The fourth-order valence-corrected chi connectivity index (χ4v) is 4.40. The van der Waals surface area contributed by atoms with Gasteiger partial charge in [0.05, 0.1) is 17.2 Å². The van der Waals surface area contributed by atoms with Gasteiger partial charge in [-0.15, -0.1) is 21.5 Å². The second-order valence-corrected chi connectivity index (χ2v) is 8.58. The first-order valence-electron chi connectivity index (χ1n) is 9.28. The number of nitrogens with zero attached hydrogens (tertiary/aromatic N) is 3. The molecule has 1 saturated carbocycles. The summed E-state index contributed by atoms with van der Waals surface area (Å²) in [4.78, 5) is 13.3. The van der Waals surface area contributed by atoms with Gasteiger partial charge in [0.15, 0.2) is 11.0 Å². The van der Waals surface area contributed by atoms with Gasteiger partial charge in [0, 0.05) is 6.04 Å². The van der Waals surface area contributed by atoms with Gasteiger partial charge in [-0.1, -0.05) is 30.0 Å². The standard InChI is InChI=1S/C20H22N4O2S2/c1-14-4-2-5-16(12-14)26-10-9-21-18(25)13-28-20-23-22-19(17-6-3-11-27-17)24(20)15-7-8-15/h2-6,11-12,15H,7-10,13H2,1H3,(H,21,25). The zero-order chi connectivity index (χ0) is 19.3. The van der Waals surface area contributed by atoms with Crippen LogP contribution >= 0.6 is 23.1 Å². The molecule has 6 nitrogen and oxygen atoms in total. The lowest BCUT2D eigenvalue weighted by Gasteiger charge is -2.09. The topological polar surface area (TPSA) is 69.0 Å². The number of aryl methyl sites for hydroxylation is 1. The molecule has 0 aliphatic heterocycles. The Kier molecular flexibility index (Phi) is 5.97. The number of amides is 1. The number of aromatic nitrogens is 3. The Bertz CT molecular complexity index is 936. The van der Waals surface area contributed by atoms with E-state index in [2.05, 4.69) is 26.1 Å². The molecule has 146 valence electrons. The molecule has 0 spiro atoms. The van der Waals surface area contributed by atoms with Gasteiger partial charge in [-0.25, -0.2) is 0 Å². The second-order valence-electron chi connectivity index (χ2n) is 6.69. The Morgan fingerprint density at radius 2 is 2.21 bits per heavy atom. The van der Waals surface area contributed by atoms with Crippen molar-refractivity contribution < 1.29 is 9.53 Å². The molecular weight excluding hydrogens is 392 g/mol. The van der Waals surface area contributed by atoms with E-state index in [9.17, 15) is 4.79 Å². The molecule has 2 aromatic heterocycles. The molecule has 1 aromatic carbocycles. The van der Waals surface area contributed by atoms with Gasteiger partial charge in [-0.05, 0) is 48.9 Å². The molecule has 0 radical (unpaired) electrons. The van der Waals surface area contributed by atoms with Crippen LogP contribution in [-0.4, -0.2) is 39.6 Å². The predicted octanol–water partition coefficient (Wildman–Crippen LogP) is 3.94. The van der Waals surface area contributed by atoms with E-state index in [0.29, 0.717) is 24.9 Å². The molecular formula is C20H22N4O2S2. The van der Waals surface area contributed by atoms with Crippen molar-refractivity contribution in [3.63, 3.8) is 0 Å². The number of hydrogen-bond acceptors (Lipinski definition) is 6. The fraction of sp³-hybridized carbons (Fsp3) is 0.350. The molecule has 0 atom stereocenters. The number of carbonyl (C=O) groups excluding carboxylic acids is 1. The molecule has 1 N–H and O–H groups in total. The normalized spacial score (nSPS) is 13.5. The van der Waals surface area contributed by atoms with Crippen molar-refractivity contribution in [3.8, 4) is 16.5 Å².